The minimum Gasteiger partial charge on any atom is -0.356 e. The van der Waals surface area contributed by atoms with Crippen molar-refractivity contribution in [3.05, 3.63) is 23.0 Å². The molecule has 0 amide bonds. The van der Waals surface area contributed by atoms with Crippen LogP contribution in [0.5, 0.6) is 0 Å². The molecule has 0 unspecified atom stereocenters. The van der Waals surface area contributed by atoms with Crippen LogP contribution >= 0.6 is 0 Å². The minimum absolute atomic E-state index is 0.699. The van der Waals surface area contributed by atoms with Crippen molar-refractivity contribution in [3.63, 3.8) is 0 Å². The fraction of sp³-hybridized carbons (Fsp3) is 0.647. The highest BCUT2D eigenvalue weighted by molar-refractivity contribution is 5.57. The fourth-order valence-corrected chi connectivity index (χ4v) is 3.41. The van der Waals surface area contributed by atoms with Gasteiger partial charge in [0.2, 0.25) is 0 Å². The summed E-state index contributed by atoms with van der Waals surface area (Å²) < 4.78 is 2.04. The van der Waals surface area contributed by atoms with E-state index in [2.05, 4.69) is 31.7 Å². The molecule has 1 fully saturated rings. The largest absolute Gasteiger partial charge is 0.356 e. The first-order valence-electron chi connectivity index (χ1n) is 8.45. The van der Waals surface area contributed by atoms with E-state index in [1.54, 1.807) is 0 Å². The van der Waals surface area contributed by atoms with Crippen molar-refractivity contribution in [3.8, 4) is 0 Å². The van der Waals surface area contributed by atoms with Crippen LogP contribution in [0.2, 0.25) is 0 Å². The van der Waals surface area contributed by atoms with E-state index in [4.69, 9.17) is 15.8 Å². The maximum absolute atomic E-state index is 5.76. The molecule has 1 saturated heterocycles. The van der Waals surface area contributed by atoms with Crippen molar-refractivity contribution in [2.45, 2.75) is 46.5 Å². The number of rotatable bonds is 4. The predicted molar refractivity (Wildman–Crippen MR) is 90.4 cm³/mol. The van der Waals surface area contributed by atoms with Crippen LogP contribution in [0.3, 0.4) is 0 Å². The Hall–Kier alpha value is -1.62. The molecule has 22 heavy (non-hydrogen) atoms. The highest BCUT2D eigenvalue weighted by Gasteiger charge is 2.23. The topological polar surface area (TPSA) is 59.5 Å². The summed E-state index contributed by atoms with van der Waals surface area (Å²) in [6, 6.07) is 2.21. The van der Waals surface area contributed by atoms with Gasteiger partial charge in [0.1, 0.15) is 5.82 Å². The molecule has 5 heteroatoms. The number of anilines is 1. The normalized spacial score (nSPS) is 19.1. The van der Waals surface area contributed by atoms with Crippen LogP contribution in [-0.4, -0.2) is 34.2 Å². The summed E-state index contributed by atoms with van der Waals surface area (Å²) in [5.41, 5.74) is 10.2. The van der Waals surface area contributed by atoms with Crippen molar-refractivity contribution in [1.29, 1.82) is 0 Å². The molecular formula is C17H27N5. The zero-order valence-electron chi connectivity index (χ0n) is 14.0. The second-order valence-electron chi connectivity index (χ2n) is 6.44. The molecule has 0 bridgehead atoms. The molecule has 0 spiro atoms. The summed E-state index contributed by atoms with van der Waals surface area (Å²) in [5.74, 6) is 1.89. The second-order valence-corrected chi connectivity index (χ2v) is 6.44. The first kappa shape index (κ1) is 15.3. The third-order valence-corrected chi connectivity index (χ3v) is 4.87. The molecule has 1 aliphatic rings. The minimum atomic E-state index is 0.699. The smallest absolute Gasteiger partial charge is 0.160 e. The van der Waals surface area contributed by atoms with E-state index in [1.807, 2.05) is 4.52 Å². The van der Waals surface area contributed by atoms with E-state index in [0.717, 1.165) is 49.5 Å². The van der Waals surface area contributed by atoms with Gasteiger partial charge in [0, 0.05) is 30.4 Å². The molecule has 1 aliphatic heterocycles. The Balaban J connectivity index is 2.03. The number of aryl methyl sites for hydroxylation is 3. The summed E-state index contributed by atoms with van der Waals surface area (Å²) in [6.45, 7) is 9.30. The Morgan fingerprint density at radius 2 is 2.18 bits per heavy atom. The Morgan fingerprint density at radius 3 is 2.91 bits per heavy atom. The van der Waals surface area contributed by atoms with Crippen LogP contribution in [0.1, 0.15) is 43.1 Å². The number of aromatic nitrogens is 3. The van der Waals surface area contributed by atoms with E-state index >= 15 is 0 Å². The zero-order chi connectivity index (χ0) is 15.7. The van der Waals surface area contributed by atoms with Gasteiger partial charge in [-0.2, -0.15) is 9.61 Å². The highest BCUT2D eigenvalue weighted by atomic mass is 15.4. The van der Waals surface area contributed by atoms with Crippen LogP contribution in [0.25, 0.3) is 5.65 Å². The monoisotopic (exact) mass is 301 g/mol. The molecule has 0 aliphatic carbocycles. The van der Waals surface area contributed by atoms with E-state index in [1.165, 1.54) is 24.2 Å². The van der Waals surface area contributed by atoms with E-state index in [-0.39, 0.29) is 0 Å². The molecule has 120 valence electrons. The van der Waals surface area contributed by atoms with Gasteiger partial charge in [-0.25, -0.2) is 4.98 Å². The van der Waals surface area contributed by atoms with Gasteiger partial charge in [-0.3, -0.25) is 0 Å². The molecule has 1 atom stereocenters. The van der Waals surface area contributed by atoms with E-state index in [0.29, 0.717) is 5.92 Å². The lowest BCUT2D eigenvalue weighted by Crippen LogP contribution is -2.37. The molecule has 5 nitrogen and oxygen atoms in total. The number of fused-ring (bicyclic) bond motifs is 1. The lowest BCUT2D eigenvalue weighted by atomic mass is 9.95. The van der Waals surface area contributed by atoms with Crippen molar-refractivity contribution in [2.75, 3.05) is 24.5 Å². The number of nitrogens with zero attached hydrogens (tertiary/aromatic N) is 4. The SMILES string of the molecule is CCc1cc(N2CCC[C@H](CCN)C2)n2nc(C)c(C)c2n1. The van der Waals surface area contributed by atoms with E-state index in [9.17, 15) is 0 Å². The van der Waals surface area contributed by atoms with Crippen LogP contribution in [0.4, 0.5) is 5.82 Å². The van der Waals surface area contributed by atoms with E-state index < -0.39 is 0 Å². The molecule has 2 N–H and O–H groups in total. The van der Waals surface area contributed by atoms with Crippen LogP contribution < -0.4 is 10.6 Å². The molecule has 2 aromatic heterocycles. The molecule has 2 aromatic rings. The summed E-state index contributed by atoms with van der Waals surface area (Å²) in [7, 11) is 0. The van der Waals surface area contributed by atoms with Crippen LogP contribution in [0.15, 0.2) is 6.07 Å². The second kappa shape index (κ2) is 6.24. The average Bonchev–Trinajstić information content (AvgIpc) is 2.82. The number of piperidine rings is 1. The maximum Gasteiger partial charge on any atom is 0.160 e. The molecule has 3 rings (SSSR count). The van der Waals surface area contributed by atoms with Crippen molar-refractivity contribution in [1.82, 2.24) is 14.6 Å². The Labute approximate surface area is 132 Å². The van der Waals surface area contributed by atoms with Gasteiger partial charge in [-0.05, 0) is 52.0 Å². The summed E-state index contributed by atoms with van der Waals surface area (Å²) in [5, 5.41) is 4.72. The Bertz CT molecular complexity index is 659. The summed E-state index contributed by atoms with van der Waals surface area (Å²) >= 11 is 0. The first-order chi connectivity index (χ1) is 10.6. The Morgan fingerprint density at radius 1 is 1.36 bits per heavy atom. The summed E-state index contributed by atoms with van der Waals surface area (Å²) in [6.07, 6.45) is 4.59. The number of hydrogen-bond acceptors (Lipinski definition) is 4. The third kappa shape index (κ3) is 2.70. The first-order valence-corrected chi connectivity index (χ1v) is 8.45. The fourth-order valence-electron chi connectivity index (χ4n) is 3.41. The number of hydrogen-bond donors (Lipinski definition) is 1. The van der Waals surface area contributed by atoms with Crippen molar-refractivity contribution >= 4 is 11.5 Å². The summed E-state index contributed by atoms with van der Waals surface area (Å²) in [4.78, 5) is 7.25. The quantitative estimate of drug-likeness (QED) is 0.942. The molecular weight excluding hydrogens is 274 g/mol. The maximum atomic E-state index is 5.76. The van der Waals surface area contributed by atoms with Crippen LogP contribution in [0, 0.1) is 19.8 Å². The van der Waals surface area contributed by atoms with Crippen LogP contribution in [-0.2, 0) is 6.42 Å². The zero-order valence-corrected chi connectivity index (χ0v) is 14.0. The predicted octanol–water partition coefficient (Wildman–Crippen LogP) is 2.47. The molecule has 3 heterocycles. The lowest BCUT2D eigenvalue weighted by Gasteiger charge is -2.34. The van der Waals surface area contributed by atoms with Gasteiger partial charge < -0.3 is 10.6 Å². The van der Waals surface area contributed by atoms with Gasteiger partial charge in [-0.1, -0.05) is 6.92 Å². The van der Waals surface area contributed by atoms with Gasteiger partial charge >= 0.3 is 0 Å². The lowest BCUT2D eigenvalue weighted by molar-refractivity contribution is 0.393. The Kier molecular flexibility index (Phi) is 4.34. The van der Waals surface area contributed by atoms with Gasteiger partial charge in [0.05, 0.1) is 5.69 Å². The van der Waals surface area contributed by atoms with Gasteiger partial charge in [0.25, 0.3) is 0 Å². The molecule has 0 aromatic carbocycles. The van der Waals surface area contributed by atoms with Gasteiger partial charge in [0.15, 0.2) is 5.65 Å². The standard InChI is InChI=1S/C17H27N5/c1-4-15-10-16(21-9-5-6-14(11-21)7-8-18)22-17(19-15)12(2)13(3)20-22/h10,14H,4-9,11,18H2,1-3H3/t14-/m1/s1. The molecule has 0 saturated carbocycles. The number of nitrogens with two attached hydrogens (primary N) is 1. The molecule has 0 radical (unpaired) electrons. The van der Waals surface area contributed by atoms with Gasteiger partial charge in [-0.15, -0.1) is 0 Å². The van der Waals surface area contributed by atoms with Crippen molar-refractivity contribution in [2.24, 2.45) is 11.7 Å². The van der Waals surface area contributed by atoms with Crippen molar-refractivity contribution < 1.29 is 0 Å². The third-order valence-electron chi connectivity index (χ3n) is 4.87. The average molecular weight is 301 g/mol. The highest BCUT2D eigenvalue weighted by Crippen LogP contribution is 2.27.